The van der Waals surface area contributed by atoms with Crippen molar-refractivity contribution in [3.8, 4) is 5.69 Å². The van der Waals surface area contributed by atoms with Gasteiger partial charge in [0.2, 0.25) is 0 Å². The largest absolute Gasteiger partial charge is 0.465 e. The third-order valence-corrected chi connectivity index (χ3v) is 6.38. The summed E-state index contributed by atoms with van der Waals surface area (Å²) < 4.78 is 6.90. The van der Waals surface area contributed by atoms with Gasteiger partial charge in [0.05, 0.1) is 23.6 Å². The zero-order chi connectivity index (χ0) is 21.4. The maximum Gasteiger partial charge on any atom is 0.339 e. The lowest BCUT2D eigenvalue weighted by atomic mass is 10.1. The second-order valence-electron chi connectivity index (χ2n) is 7.53. The van der Waals surface area contributed by atoms with Crippen LogP contribution >= 0.6 is 11.8 Å². The number of aromatic nitrogens is 4. The van der Waals surface area contributed by atoms with Crippen LogP contribution in [0.5, 0.6) is 0 Å². The molecule has 1 N–H and O–H groups in total. The van der Waals surface area contributed by atoms with Crippen LogP contribution in [0.15, 0.2) is 35.5 Å². The van der Waals surface area contributed by atoms with E-state index in [0.717, 1.165) is 24.4 Å². The number of hydrogen-bond acceptors (Lipinski definition) is 6. The number of aromatic amines is 1. The highest BCUT2D eigenvalue weighted by atomic mass is 32.2. The van der Waals surface area contributed by atoms with Crippen molar-refractivity contribution in [2.45, 2.75) is 49.9 Å². The van der Waals surface area contributed by atoms with Crippen molar-refractivity contribution in [3.05, 3.63) is 58.7 Å². The van der Waals surface area contributed by atoms with Gasteiger partial charge in [0.15, 0.2) is 10.9 Å². The number of benzene rings is 1. The highest BCUT2D eigenvalue weighted by molar-refractivity contribution is 8.00. The predicted octanol–water partition coefficient (Wildman–Crippen LogP) is 4.24. The summed E-state index contributed by atoms with van der Waals surface area (Å²) in [6.07, 6.45) is 2.22. The Morgan fingerprint density at radius 2 is 1.90 bits per heavy atom. The molecule has 2 heterocycles. The number of carbonyl (C=O) groups is 2. The number of aryl methyl sites for hydroxylation is 1. The van der Waals surface area contributed by atoms with E-state index in [4.69, 9.17) is 4.74 Å². The molecule has 1 aromatic carbocycles. The number of rotatable bonds is 7. The Hall–Kier alpha value is -2.87. The number of esters is 1. The number of nitrogens with zero attached hydrogens (tertiary/aromatic N) is 3. The molecule has 8 heteroatoms. The zero-order valence-electron chi connectivity index (χ0n) is 17.4. The van der Waals surface area contributed by atoms with Crippen LogP contribution in [0.25, 0.3) is 5.69 Å². The number of methoxy groups -OCH3 is 1. The number of H-pyrrole nitrogens is 1. The van der Waals surface area contributed by atoms with E-state index in [0.29, 0.717) is 33.6 Å². The Morgan fingerprint density at radius 3 is 2.53 bits per heavy atom. The maximum absolute atomic E-state index is 13.2. The van der Waals surface area contributed by atoms with Gasteiger partial charge in [-0.05, 0) is 51.3 Å². The van der Waals surface area contributed by atoms with Crippen molar-refractivity contribution in [2.75, 3.05) is 7.11 Å². The van der Waals surface area contributed by atoms with Gasteiger partial charge < -0.3 is 9.72 Å². The predicted molar refractivity (Wildman–Crippen MR) is 115 cm³/mol. The SMILES string of the molecule is COC(=O)c1c(C)[nH]c(C(=O)C(C)Sc2nnc(C3CC3)n2-c2ccccc2)c1C. The van der Waals surface area contributed by atoms with E-state index >= 15 is 0 Å². The lowest BCUT2D eigenvalue weighted by Gasteiger charge is -2.13. The minimum Gasteiger partial charge on any atom is -0.465 e. The van der Waals surface area contributed by atoms with Crippen LogP contribution in [-0.4, -0.2) is 43.9 Å². The fourth-order valence-corrected chi connectivity index (χ4v) is 4.54. The molecule has 30 heavy (non-hydrogen) atoms. The van der Waals surface area contributed by atoms with Gasteiger partial charge in [0.25, 0.3) is 0 Å². The molecule has 1 aliphatic carbocycles. The minimum absolute atomic E-state index is 0.0914. The van der Waals surface area contributed by atoms with Crippen molar-refractivity contribution in [1.82, 2.24) is 19.7 Å². The van der Waals surface area contributed by atoms with Crippen LogP contribution in [0.1, 0.15) is 63.6 Å². The van der Waals surface area contributed by atoms with E-state index in [-0.39, 0.29) is 5.78 Å². The Balaban J connectivity index is 1.63. The van der Waals surface area contributed by atoms with Crippen molar-refractivity contribution in [1.29, 1.82) is 0 Å². The van der Waals surface area contributed by atoms with Gasteiger partial charge in [-0.25, -0.2) is 4.79 Å². The molecule has 0 radical (unpaired) electrons. The van der Waals surface area contributed by atoms with Crippen LogP contribution < -0.4 is 0 Å². The van der Waals surface area contributed by atoms with E-state index in [2.05, 4.69) is 19.7 Å². The average Bonchev–Trinajstić information content (AvgIpc) is 3.44. The second-order valence-corrected chi connectivity index (χ2v) is 8.83. The fraction of sp³-hybridized carbons (Fsp3) is 0.364. The Kier molecular flexibility index (Phi) is 5.51. The van der Waals surface area contributed by atoms with Crippen molar-refractivity contribution in [3.63, 3.8) is 0 Å². The van der Waals surface area contributed by atoms with Gasteiger partial charge in [0.1, 0.15) is 5.82 Å². The molecule has 0 bridgehead atoms. The van der Waals surface area contributed by atoms with Gasteiger partial charge in [0, 0.05) is 17.3 Å². The number of carbonyl (C=O) groups excluding carboxylic acids is 2. The standard InChI is InChI=1S/C22H24N4O3S/c1-12-17(21(28)29-4)13(2)23-18(12)19(27)14(3)30-22-25-24-20(15-10-11-15)26(22)16-8-6-5-7-9-16/h5-9,14-15,23H,10-11H2,1-4H3. The zero-order valence-corrected chi connectivity index (χ0v) is 18.2. The highest BCUT2D eigenvalue weighted by Crippen LogP contribution is 2.41. The summed E-state index contributed by atoms with van der Waals surface area (Å²) in [4.78, 5) is 28.3. The molecule has 0 saturated heterocycles. The van der Waals surface area contributed by atoms with Gasteiger partial charge in [-0.2, -0.15) is 0 Å². The lowest BCUT2D eigenvalue weighted by Crippen LogP contribution is -2.16. The first-order valence-corrected chi connectivity index (χ1v) is 10.8. The van der Waals surface area contributed by atoms with Crippen LogP contribution in [0.3, 0.4) is 0 Å². The normalized spacial score (nSPS) is 14.5. The Morgan fingerprint density at radius 1 is 1.20 bits per heavy atom. The third kappa shape index (κ3) is 3.67. The van der Waals surface area contributed by atoms with Crippen molar-refractivity contribution >= 4 is 23.5 Å². The first kappa shape index (κ1) is 20.4. The molecule has 7 nitrogen and oxygen atoms in total. The van der Waals surface area contributed by atoms with E-state index < -0.39 is 11.2 Å². The third-order valence-electron chi connectivity index (χ3n) is 5.34. The molecule has 0 spiro atoms. The summed E-state index contributed by atoms with van der Waals surface area (Å²) in [5.41, 5.74) is 3.08. The van der Waals surface area contributed by atoms with Gasteiger partial charge in [-0.3, -0.25) is 9.36 Å². The molecule has 1 atom stereocenters. The summed E-state index contributed by atoms with van der Waals surface area (Å²) in [6.45, 7) is 5.38. The smallest absolute Gasteiger partial charge is 0.339 e. The number of ether oxygens (including phenoxy) is 1. The van der Waals surface area contributed by atoms with Crippen LogP contribution in [0.4, 0.5) is 0 Å². The number of para-hydroxylation sites is 1. The number of thioether (sulfide) groups is 1. The molecular formula is C22H24N4O3S. The number of nitrogens with one attached hydrogen (secondary N) is 1. The van der Waals surface area contributed by atoms with E-state index in [1.165, 1.54) is 18.9 Å². The number of Topliss-reactive ketones (excluding diaryl/α,β-unsaturated/α-hetero) is 1. The van der Waals surface area contributed by atoms with E-state index in [1.54, 1.807) is 13.8 Å². The first-order valence-electron chi connectivity index (χ1n) is 9.91. The molecule has 1 saturated carbocycles. The van der Waals surface area contributed by atoms with Crippen LogP contribution in [-0.2, 0) is 4.74 Å². The van der Waals surface area contributed by atoms with Crippen LogP contribution in [0, 0.1) is 13.8 Å². The molecule has 1 fully saturated rings. The minimum atomic E-state index is -0.446. The monoisotopic (exact) mass is 424 g/mol. The Bertz CT molecular complexity index is 1100. The van der Waals surface area contributed by atoms with Gasteiger partial charge >= 0.3 is 5.97 Å². The van der Waals surface area contributed by atoms with E-state index in [9.17, 15) is 9.59 Å². The Labute approximate surface area is 179 Å². The molecule has 2 aromatic heterocycles. The van der Waals surface area contributed by atoms with Crippen molar-refractivity contribution in [2.24, 2.45) is 0 Å². The molecule has 1 unspecified atom stereocenters. The maximum atomic E-state index is 13.2. The fourth-order valence-electron chi connectivity index (χ4n) is 3.60. The summed E-state index contributed by atoms with van der Waals surface area (Å²) in [6, 6.07) is 9.97. The summed E-state index contributed by atoms with van der Waals surface area (Å²) in [5, 5.41) is 9.10. The average molecular weight is 425 g/mol. The molecule has 1 aliphatic rings. The topological polar surface area (TPSA) is 89.9 Å². The summed E-state index contributed by atoms with van der Waals surface area (Å²) in [5.74, 6) is 0.835. The molecule has 0 aliphatic heterocycles. The quantitative estimate of drug-likeness (QED) is 0.347. The van der Waals surface area contributed by atoms with Crippen molar-refractivity contribution < 1.29 is 14.3 Å². The van der Waals surface area contributed by atoms with Gasteiger partial charge in [-0.15, -0.1) is 10.2 Å². The number of ketones is 1. The lowest BCUT2D eigenvalue weighted by molar-refractivity contribution is 0.0599. The first-order chi connectivity index (χ1) is 14.4. The molecule has 156 valence electrons. The molecular weight excluding hydrogens is 400 g/mol. The van der Waals surface area contributed by atoms with E-state index in [1.807, 2.05) is 37.3 Å². The van der Waals surface area contributed by atoms with Gasteiger partial charge in [-0.1, -0.05) is 30.0 Å². The second kappa shape index (κ2) is 8.10. The van der Waals surface area contributed by atoms with Crippen LogP contribution in [0.2, 0.25) is 0 Å². The highest BCUT2D eigenvalue weighted by Gasteiger charge is 2.32. The summed E-state index contributed by atoms with van der Waals surface area (Å²) >= 11 is 1.38. The summed E-state index contributed by atoms with van der Waals surface area (Å²) in [7, 11) is 1.34. The molecule has 0 amide bonds. The molecule has 4 rings (SSSR count). The number of hydrogen-bond donors (Lipinski definition) is 1. The molecule has 3 aromatic rings.